The Kier molecular flexibility index (Phi) is 4.97. The number of nitrogens with one attached hydrogen (secondary N) is 1. The lowest BCUT2D eigenvalue weighted by atomic mass is 10.1. The van der Waals surface area contributed by atoms with Gasteiger partial charge in [-0.2, -0.15) is 0 Å². The fourth-order valence-electron chi connectivity index (χ4n) is 1.33. The van der Waals surface area contributed by atoms with E-state index in [0.29, 0.717) is 5.56 Å². The van der Waals surface area contributed by atoms with Gasteiger partial charge in [-0.25, -0.2) is 4.79 Å². The maximum absolute atomic E-state index is 11.9. The zero-order valence-electron chi connectivity index (χ0n) is 10.1. The van der Waals surface area contributed by atoms with E-state index in [-0.39, 0.29) is 23.2 Å². The Morgan fingerprint density at radius 2 is 2.17 bits per heavy atom. The van der Waals surface area contributed by atoms with Crippen LogP contribution in [-0.2, 0) is 4.74 Å². The second-order valence-electron chi connectivity index (χ2n) is 3.62. The number of phenolic OH excluding ortho intramolecular Hbond substituents is 1. The van der Waals surface area contributed by atoms with Crippen LogP contribution >= 0.6 is 11.6 Å². The summed E-state index contributed by atoms with van der Waals surface area (Å²) in [5.74, 6) is -0.413. The van der Waals surface area contributed by atoms with Gasteiger partial charge in [0.05, 0.1) is 17.7 Å². The smallest absolute Gasteiger partial charge is 0.407 e. The molecule has 1 aromatic rings. The molecule has 18 heavy (non-hydrogen) atoms. The molecule has 1 rings (SSSR count). The molecule has 0 aliphatic carbocycles. The molecule has 0 fully saturated rings. The van der Waals surface area contributed by atoms with Gasteiger partial charge in [-0.05, 0) is 32.0 Å². The molecule has 0 bridgehead atoms. The SMILES string of the molecule is CCOC(=O)NC(C)C(=O)c1ccc(O)c(Cl)c1. The minimum Gasteiger partial charge on any atom is -0.506 e. The lowest BCUT2D eigenvalue weighted by Gasteiger charge is -2.12. The van der Waals surface area contributed by atoms with Gasteiger partial charge in [0.25, 0.3) is 0 Å². The summed E-state index contributed by atoms with van der Waals surface area (Å²) in [5, 5.41) is 11.7. The average Bonchev–Trinajstić information content (AvgIpc) is 2.32. The highest BCUT2D eigenvalue weighted by atomic mass is 35.5. The molecular weight excluding hydrogens is 258 g/mol. The molecule has 0 aliphatic rings. The van der Waals surface area contributed by atoms with Crippen LogP contribution in [0.1, 0.15) is 24.2 Å². The molecule has 1 atom stereocenters. The summed E-state index contributed by atoms with van der Waals surface area (Å²) in [4.78, 5) is 23.1. The van der Waals surface area contributed by atoms with E-state index in [9.17, 15) is 14.7 Å². The number of hydrogen-bond acceptors (Lipinski definition) is 4. The zero-order chi connectivity index (χ0) is 13.7. The number of hydrogen-bond donors (Lipinski definition) is 2. The summed E-state index contributed by atoms with van der Waals surface area (Å²) in [5.41, 5.74) is 0.307. The van der Waals surface area contributed by atoms with Crippen LogP contribution < -0.4 is 5.32 Å². The molecule has 0 aliphatic heterocycles. The number of ketones is 1. The van der Waals surface area contributed by atoms with Crippen molar-refractivity contribution in [2.45, 2.75) is 19.9 Å². The first-order valence-electron chi connectivity index (χ1n) is 5.41. The predicted molar refractivity (Wildman–Crippen MR) is 67.1 cm³/mol. The first kappa shape index (κ1) is 14.3. The van der Waals surface area contributed by atoms with Gasteiger partial charge >= 0.3 is 6.09 Å². The Hall–Kier alpha value is -1.75. The Morgan fingerprint density at radius 3 is 2.72 bits per heavy atom. The molecule has 1 amide bonds. The maximum atomic E-state index is 11.9. The van der Waals surface area contributed by atoms with Gasteiger partial charge in [0.1, 0.15) is 5.75 Å². The first-order valence-corrected chi connectivity index (χ1v) is 5.79. The quantitative estimate of drug-likeness (QED) is 0.825. The highest BCUT2D eigenvalue weighted by Crippen LogP contribution is 2.24. The van der Waals surface area contributed by atoms with E-state index in [2.05, 4.69) is 10.1 Å². The number of halogens is 1. The fraction of sp³-hybridized carbons (Fsp3) is 0.333. The largest absolute Gasteiger partial charge is 0.506 e. The van der Waals surface area contributed by atoms with Crippen molar-refractivity contribution < 1.29 is 19.4 Å². The summed E-state index contributed by atoms with van der Waals surface area (Å²) in [7, 11) is 0. The molecule has 1 unspecified atom stereocenters. The van der Waals surface area contributed by atoms with Gasteiger partial charge in [-0.15, -0.1) is 0 Å². The topological polar surface area (TPSA) is 75.6 Å². The molecule has 2 N–H and O–H groups in total. The minimum atomic E-state index is -0.732. The van der Waals surface area contributed by atoms with Crippen LogP contribution in [0.5, 0.6) is 5.75 Å². The number of benzene rings is 1. The van der Waals surface area contributed by atoms with E-state index in [4.69, 9.17) is 11.6 Å². The highest BCUT2D eigenvalue weighted by molar-refractivity contribution is 6.32. The van der Waals surface area contributed by atoms with Gasteiger partial charge < -0.3 is 15.2 Å². The second kappa shape index (κ2) is 6.26. The third-order valence-electron chi connectivity index (χ3n) is 2.24. The van der Waals surface area contributed by atoms with E-state index in [0.717, 1.165) is 0 Å². The third kappa shape index (κ3) is 3.63. The molecule has 1 aromatic carbocycles. The van der Waals surface area contributed by atoms with Crippen LogP contribution in [0.25, 0.3) is 0 Å². The lowest BCUT2D eigenvalue weighted by molar-refractivity contribution is 0.0933. The number of carbonyl (C=O) groups excluding carboxylic acids is 2. The number of ether oxygens (including phenoxy) is 1. The van der Waals surface area contributed by atoms with Crippen molar-refractivity contribution in [3.05, 3.63) is 28.8 Å². The molecule has 5 nitrogen and oxygen atoms in total. The van der Waals surface area contributed by atoms with E-state index in [1.54, 1.807) is 13.8 Å². The number of amides is 1. The van der Waals surface area contributed by atoms with E-state index >= 15 is 0 Å². The first-order chi connectivity index (χ1) is 8.45. The molecule has 0 radical (unpaired) electrons. The van der Waals surface area contributed by atoms with E-state index in [1.165, 1.54) is 18.2 Å². The van der Waals surface area contributed by atoms with Gasteiger partial charge in [0, 0.05) is 5.56 Å². The summed E-state index contributed by atoms with van der Waals surface area (Å²) in [6, 6.07) is 3.38. The number of rotatable bonds is 4. The van der Waals surface area contributed by atoms with Crippen molar-refractivity contribution in [1.82, 2.24) is 5.32 Å². The highest BCUT2D eigenvalue weighted by Gasteiger charge is 2.18. The monoisotopic (exact) mass is 271 g/mol. The molecular formula is C12H14ClNO4. The van der Waals surface area contributed by atoms with Crippen molar-refractivity contribution in [3.8, 4) is 5.75 Å². The van der Waals surface area contributed by atoms with E-state index in [1.807, 2.05) is 0 Å². The maximum Gasteiger partial charge on any atom is 0.407 e. The number of phenols is 1. The average molecular weight is 272 g/mol. The summed E-state index contributed by atoms with van der Waals surface area (Å²) < 4.78 is 4.67. The number of carbonyl (C=O) groups is 2. The summed E-state index contributed by atoms with van der Waals surface area (Å²) >= 11 is 5.70. The third-order valence-corrected chi connectivity index (χ3v) is 2.54. The van der Waals surface area contributed by atoms with Crippen LogP contribution in [0.2, 0.25) is 5.02 Å². The van der Waals surface area contributed by atoms with Gasteiger partial charge in [0.15, 0.2) is 5.78 Å². The fourth-order valence-corrected chi connectivity index (χ4v) is 1.51. The molecule has 0 heterocycles. The van der Waals surface area contributed by atoms with Crippen molar-refractivity contribution in [2.75, 3.05) is 6.61 Å². The Balaban J connectivity index is 2.74. The van der Waals surface area contributed by atoms with Crippen LogP contribution in [-0.4, -0.2) is 29.6 Å². The van der Waals surface area contributed by atoms with Gasteiger partial charge in [-0.1, -0.05) is 11.6 Å². The summed E-state index contributed by atoms with van der Waals surface area (Å²) in [6.45, 7) is 3.45. The minimum absolute atomic E-state index is 0.0872. The molecule has 0 saturated carbocycles. The van der Waals surface area contributed by atoms with Gasteiger partial charge in [-0.3, -0.25) is 4.79 Å². The number of alkyl carbamates (subject to hydrolysis) is 1. The predicted octanol–water partition coefficient (Wildman–Crippen LogP) is 2.36. The van der Waals surface area contributed by atoms with Crippen LogP contribution in [0.3, 0.4) is 0 Å². The van der Waals surface area contributed by atoms with Crippen molar-refractivity contribution in [3.63, 3.8) is 0 Å². The van der Waals surface area contributed by atoms with E-state index < -0.39 is 12.1 Å². The Labute approximate surface area is 110 Å². The van der Waals surface area contributed by atoms with Crippen molar-refractivity contribution in [1.29, 1.82) is 0 Å². The normalized spacial score (nSPS) is 11.7. The van der Waals surface area contributed by atoms with Crippen LogP contribution in [0.4, 0.5) is 4.79 Å². The molecule has 0 spiro atoms. The molecule has 0 aromatic heterocycles. The van der Waals surface area contributed by atoms with Gasteiger partial charge in [0.2, 0.25) is 0 Å². The lowest BCUT2D eigenvalue weighted by Crippen LogP contribution is -2.38. The number of aromatic hydroxyl groups is 1. The molecule has 6 heteroatoms. The zero-order valence-corrected chi connectivity index (χ0v) is 10.8. The Bertz CT molecular complexity index is 461. The molecule has 98 valence electrons. The number of Topliss-reactive ketones (excluding diaryl/α,β-unsaturated/α-hetero) is 1. The van der Waals surface area contributed by atoms with Crippen molar-refractivity contribution in [2.24, 2.45) is 0 Å². The second-order valence-corrected chi connectivity index (χ2v) is 4.02. The Morgan fingerprint density at radius 1 is 1.50 bits per heavy atom. The van der Waals surface area contributed by atoms with Crippen molar-refractivity contribution >= 4 is 23.5 Å². The van der Waals surface area contributed by atoms with Crippen LogP contribution in [0, 0.1) is 0 Å². The van der Waals surface area contributed by atoms with Crippen LogP contribution in [0.15, 0.2) is 18.2 Å². The standard InChI is InChI=1S/C12H14ClNO4/c1-3-18-12(17)14-7(2)11(16)8-4-5-10(15)9(13)6-8/h4-7,15H,3H2,1-2H3,(H,14,17). The summed E-state index contributed by atoms with van der Waals surface area (Å²) in [6.07, 6.45) is -0.650. The molecule has 0 saturated heterocycles.